The normalized spacial score (nSPS) is 9.94. The molecule has 0 fully saturated rings. The van der Waals surface area contributed by atoms with Crippen LogP contribution in [0.15, 0.2) is 22.7 Å². The Morgan fingerprint density at radius 3 is 2.69 bits per heavy atom. The highest BCUT2D eigenvalue weighted by atomic mass is 79.9. The van der Waals surface area contributed by atoms with Crippen LogP contribution >= 0.6 is 15.9 Å². The van der Waals surface area contributed by atoms with E-state index in [0.717, 1.165) is 5.75 Å². The zero-order chi connectivity index (χ0) is 12.0. The van der Waals surface area contributed by atoms with Gasteiger partial charge in [-0.25, -0.2) is 5.48 Å². The lowest BCUT2D eigenvalue weighted by Gasteiger charge is -2.08. The summed E-state index contributed by atoms with van der Waals surface area (Å²) in [6, 6.07) is 5.18. The van der Waals surface area contributed by atoms with E-state index in [1.807, 2.05) is 6.92 Å². The van der Waals surface area contributed by atoms with Gasteiger partial charge >= 0.3 is 0 Å². The van der Waals surface area contributed by atoms with Crippen molar-refractivity contribution < 1.29 is 14.4 Å². The van der Waals surface area contributed by atoms with Crippen LogP contribution in [0.3, 0.4) is 0 Å². The van der Waals surface area contributed by atoms with Gasteiger partial charge in [-0.3, -0.25) is 9.63 Å². The number of rotatable bonds is 5. The third-order valence-electron chi connectivity index (χ3n) is 1.81. The number of hydrogen-bond acceptors (Lipinski definition) is 3. The van der Waals surface area contributed by atoms with Crippen LogP contribution in [-0.2, 0) is 4.84 Å². The molecule has 88 valence electrons. The molecule has 5 heteroatoms. The largest absolute Gasteiger partial charge is 0.494 e. The summed E-state index contributed by atoms with van der Waals surface area (Å²) >= 11 is 3.31. The van der Waals surface area contributed by atoms with E-state index in [-0.39, 0.29) is 5.91 Å². The van der Waals surface area contributed by atoms with Crippen LogP contribution in [0.4, 0.5) is 0 Å². The second kappa shape index (κ2) is 6.50. The quantitative estimate of drug-likeness (QED) is 0.847. The molecule has 0 aliphatic carbocycles. The second-order valence-electron chi connectivity index (χ2n) is 2.94. The number of hydrogen-bond donors (Lipinski definition) is 1. The van der Waals surface area contributed by atoms with Gasteiger partial charge in [0.2, 0.25) is 0 Å². The van der Waals surface area contributed by atoms with Crippen molar-refractivity contribution in [3.8, 4) is 5.75 Å². The molecule has 0 spiro atoms. The molecule has 0 radical (unpaired) electrons. The summed E-state index contributed by atoms with van der Waals surface area (Å²) in [5.41, 5.74) is 2.84. The van der Waals surface area contributed by atoms with Gasteiger partial charge in [0.15, 0.2) is 0 Å². The lowest BCUT2D eigenvalue weighted by Crippen LogP contribution is -2.23. The smallest absolute Gasteiger partial charge is 0.275 e. The van der Waals surface area contributed by atoms with E-state index in [4.69, 9.17) is 9.57 Å². The molecule has 0 saturated carbocycles. The molecule has 1 aromatic rings. The SMILES string of the molecule is CCONC(=O)c1ccc(OCC)cc1Br. The van der Waals surface area contributed by atoms with Crippen LogP contribution in [0.1, 0.15) is 24.2 Å². The predicted molar refractivity (Wildman–Crippen MR) is 64.4 cm³/mol. The zero-order valence-electron chi connectivity index (χ0n) is 9.25. The average Bonchev–Trinajstić information content (AvgIpc) is 2.26. The van der Waals surface area contributed by atoms with Crippen molar-refractivity contribution in [2.75, 3.05) is 13.2 Å². The van der Waals surface area contributed by atoms with Crippen LogP contribution in [0, 0.1) is 0 Å². The predicted octanol–water partition coefficient (Wildman–Crippen LogP) is 2.53. The summed E-state index contributed by atoms with van der Waals surface area (Å²) < 4.78 is 5.99. The molecule has 0 atom stereocenters. The molecular formula is C11H14BrNO3. The van der Waals surface area contributed by atoms with Gasteiger partial charge in [0.05, 0.1) is 18.8 Å². The Hall–Kier alpha value is -1.07. The van der Waals surface area contributed by atoms with E-state index in [0.29, 0.717) is 23.2 Å². The number of hydroxylamine groups is 1. The summed E-state index contributed by atoms with van der Waals surface area (Å²) in [5.74, 6) is 0.444. The molecule has 1 amide bonds. The van der Waals surface area contributed by atoms with Crippen molar-refractivity contribution in [3.63, 3.8) is 0 Å². The minimum atomic E-state index is -0.281. The molecule has 1 rings (SSSR count). The molecule has 1 aromatic carbocycles. The van der Waals surface area contributed by atoms with Gasteiger partial charge in [0.1, 0.15) is 5.75 Å². The summed E-state index contributed by atoms with van der Waals surface area (Å²) in [5, 5.41) is 0. The average molecular weight is 288 g/mol. The van der Waals surface area contributed by atoms with Crippen molar-refractivity contribution in [2.45, 2.75) is 13.8 Å². The number of halogens is 1. The first kappa shape index (κ1) is 13.0. The standard InChI is InChI=1S/C11H14BrNO3/c1-3-15-8-5-6-9(10(12)7-8)11(14)13-16-4-2/h5-7H,3-4H2,1-2H3,(H,13,14). The van der Waals surface area contributed by atoms with Crippen LogP contribution in [-0.4, -0.2) is 19.1 Å². The lowest BCUT2D eigenvalue weighted by molar-refractivity contribution is 0.0364. The Labute approximate surface area is 103 Å². The number of nitrogens with one attached hydrogen (secondary N) is 1. The molecular weight excluding hydrogens is 274 g/mol. The number of benzene rings is 1. The number of amides is 1. The highest BCUT2D eigenvalue weighted by Crippen LogP contribution is 2.23. The Kier molecular flexibility index (Phi) is 5.28. The van der Waals surface area contributed by atoms with Gasteiger partial charge in [0, 0.05) is 4.47 Å². The highest BCUT2D eigenvalue weighted by molar-refractivity contribution is 9.10. The third-order valence-corrected chi connectivity index (χ3v) is 2.46. The van der Waals surface area contributed by atoms with Gasteiger partial charge in [-0.15, -0.1) is 0 Å². The van der Waals surface area contributed by atoms with Crippen LogP contribution in [0.2, 0.25) is 0 Å². The molecule has 0 aliphatic rings. The first-order valence-corrected chi connectivity index (χ1v) is 5.82. The van der Waals surface area contributed by atoms with E-state index in [1.54, 1.807) is 25.1 Å². The molecule has 16 heavy (non-hydrogen) atoms. The Bertz CT molecular complexity index is 368. The van der Waals surface area contributed by atoms with Crippen LogP contribution < -0.4 is 10.2 Å². The maximum atomic E-state index is 11.6. The topological polar surface area (TPSA) is 47.6 Å². The molecule has 0 saturated heterocycles. The Morgan fingerprint density at radius 2 is 2.12 bits per heavy atom. The molecule has 1 N–H and O–H groups in total. The van der Waals surface area contributed by atoms with E-state index in [2.05, 4.69) is 21.4 Å². The first-order valence-electron chi connectivity index (χ1n) is 5.03. The maximum Gasteiger partial charge on any atom is 0.275 e. The van der Waals surface area contributed by atoms with E-state index >= 15 is 0 Å². The van der Waals surface area contributed by atoms with Gasteiger partial charge < -0.3 is 4.74 Å². The summed E-state index contributed by atoms with van der Waals surface area (Å²) in [6.45, 7) is 4.73. The van der Waals surface area contributed by atoms with Gasteiger partial charge in [0.25, 0.3) is 5.91 Å². The van der Waals surface area contributed by atoms with Gasteiger partial charge in [-0.05, 0) is 48.0 Å². The fourth-order valence-corrected chi connectivity index (χ4v) is 1.67. The number of ether oxygens (including phenoxy) is 1. The molecule has 0 bridgehead atoms. The minimum Gasteiger partial charge on any atom is -0.494 e. The zero-order valence-corrected chi connectivity index (χ0v) is 10.8. The van der Waals surface area contributed by atoms with Gasteiger partial charge in [-0.1, -0.05) is 0 Å². The summed E-state index contributed by atoms with van der Waals surface area (Å²) in [4.78, 5) is 16.4. The molecule has 0 heterocycles. The van der Waals surface area contributed by atoms with Crippen molar-refractivity contribution in [2.24, 2.45) is 0 Å². The van der Waals surface area contributed by atoms with E-state index in [1.165, 1.54) is 0 Å². The number of carbonyl (C=O) groups is 1. The maximum absolute atomic E-state index is 11.6. The van der Waals surface area contributed by atoms with Crippen LogP contribution in [0.5, 0.6) is 5.75 Å². The van der Waals surface area contributed by atoms with Crippen molar-refractivity contribution in [1.82, 2.24) is 5.48 Å². The third kappa shape index (κ3) is 3.50. The van der Waals surface area contributed by atoms with Gasteiger partial charge in [-0.2, -0.15) is 0 Å². The van der Waals surface area contributed by atoms with Crippen molar-refractivity contribution in [1.29, 1.82) is 0 Å². The summed E-state index contributed by atoms with van der Waals surface area (Å²) in [6.07, 6.45) is 0. The first-order chi connectivity index (χ1) is 7.69. The van der Waals surface area contributed by atoms with Crippen molar-refractivity contribution in [3.05, 3.63) is 28.2 Å². The van der Waals surface area contributed by atoms with Crippen LogP contribution in [0.25, 0.3) is 0 Å². The number of carbonyl (C=O) groups excluding carboxylic acids is 1. The monoisotopic (exact) mass is 287 g/mol. The van der Waals surface area contributed by atoms with Crippen molar-refractivity contribution >= 4 is 21.8 Å². The molecule has 0 unspecified atom stereocenters. The Balaban J connectivity index is 2.77. The van der Waals surface area contributed by atoms with E-state index < -0.39 is 0 Å². The molecule has 0 aromatic heterocycles. The molecule has 0 aliphatic heterocycles. The fourth-order valence-electron chi connectivity index (χ4n) is 1.13. The Morgan fingerprint density at radius 1 is 1.38 bits per heavy atom. The molecule has 4 nitrogen and oxygen atoms in total. The minimum absolute atomic E-state index is 0.281. The highest BCUT2D eigenvalue weighted by Gasteiger charge is 2.10. The second-order valence-corrected chi connectivity index (χ2v) is 3.79. The van der Waals surface area contributed by atoms with E-state index in [9.17, 15) is 4.79 Å². The fraction of sp³-hybridized carbons (Fsp3) is 0.364. The lowest BCUT2D eigenvalue weighted by atomic mass is 10.2. The summed E-state index contributed by atoms with van der Waals surface area (Å²) in [7, 11) is 0.